The fraction of sp³-hybridized carbons (Fsp3) is 0. The average Bonchev–Trinajstić information content (AvgIpc) is 2.43. The van der Waals surface area contributed by atoms with Crippen molar-refractivity contribution in [2.24, 2.45) is 0 Å². The summed E-state index contributed by atoms with van der Waals surface area (Å²) in [5.41, 5.74) is -0.241. The van der Waals surface area contributed by atoms with E-state index in [2.05, 4.69) is 0 Å². The highest BCUT2D eigenvalue weighted by molar-refractivity contribution is 5.93. The molecule has 0 radical (unpaired) electrons. The van der Waals surface area contributed by atoms with Gasteiger partial charge in [0.2, 0.25) is 0 Å². The molecule has 0 aliphatic carbocycles. The first-order chi connectivity index (χ1) is 9.88. The van der Waals surface area contributed by atoms with Gasteiger partial charge in [0, 0.05) is 0 Å². The molecule has 0 spiro atoms. The molecule has 0 amide bonds. The smallest absolute Gasteiger partial charge is 0.343 e. The van der Waals surface area contributed by atoms with Crippen LogP contribution in [0.15, 0.2) is 36.4 Å². The van der Waals surface area contributed by atoms with Crippen molar-refractivity contribution in [1.82, 2.24) is 0 Å². The maximum absolute atomic E-state index is 11.8. The molecule has 7 heteroatoms. The summed E-state index contributed by atoms with van der Waals surface area (Å²) in [6.45, 7) is 0. The van der Waals surface area contributed by atoms with E-state index in [1.807, 2.05) is 0 Å². The van der Waals surface area contributed by atoms with Crippen molar-refractivity contribution in [2.45, 2.75) is 0 Å². The summed E-state index contributed by atoms with van der Waals surface area (Å²) in [6, 6.07) is 6.52. The zero-order chi connectivity index (χ0) is 15.6. The minimum absolute atomic E-state index is 0.0783. The quantitative estimate of drug-likeness (QED) is 0.385. The number of hydrogen-bond acceptors (Lipinski definition) is 6. The van der Waals surface area contributed by atoms with Crippen molar-refractivity contribution >= 4 is 11.9 Å². The van der Waals surface area contributed by atoms with E-state index >= 15 is 0 Å². The van der Waals surface area contributed by atoms with Crippen molar-refractivity contribution in [2.75, 3.05) is 0 Å². The maximum Gasteiger partial charge on any atom is 0.343 e. The number of phenols is 3. The number of aromatic carboxylic acids is 1. The van der Waals surface area contributed by atoms with Crippen LogP contribution >= 0.6 is 0 Å². The third kappa shape index (κ3) is 3.03. The lowest BCUT2D eigenvalue weighted by Gasteiger charge is -2.08. The number of esters is 1. The third-order valence-corrected chi connectivity index (χ3v) is 2.62. The van der Waals surface area contributed by atoms with Crippen LogP contribution in [-0.4, -0.2) is 32.4 Å². The van der Waals surface area contributed by atoms with Crippen LogP contribution < -0.4 is 4.74 Å². The Labute approximate surface area is 118 Å². The van der Waals surface area contributed by atoms with Gasteiger partial charge in [0.05, 0.1) is 11.1 Å². The number of carbonyl (C=O) groups is 2. The molecule has 4 N–H and O–H groups in total. The second-order valence-electron chi connectivity index (χ2n) is 4.08. The van der Waals surface area contributed by atoms with Gasteiger partial charge in [-0.25, -0.2) is 9.59 Å². The van der Waals surface area contributed by atoms with Crippen LogP contribution in [0.25, 0.3) is 0 Å². The van der Waals surface area contributed by atoms with Crippen molar-refractivity contribution in [3.05, 3.63) is 47.5 Å². The number of rotatable bonds is 3. The Hall–Kier alpha value is -3.22. The van der Waals surface area contributed by atoms with Gasteiger partial charge in [-0.1, -0.05) is 0 Å². The van der Waals surface area contributed by atoms with Crippen LogP contribution in [0.3, 0.4) is 0 Å². The predicted octanol–water partition coefficient (Wildman–Crippen LogP) is 1.72. The highest BCUT2D eigenvalue weighted by Gasteiger charge is 2.15. The topological polar surface area (TPSA) is 124 Å². The first-order valence-corrected chi connectivity index (χ1v) is 5.69. The Kier molecular flexibility index (Phi) is 3.66. The summed E-state index contributed by atoms with van der Waals surface area (Å²) in [5, 5.41) is 36.8. The standard InChI is InChI=1S/C14H10O7/c15-9-3-2-8(5-11(9)17)14(20)21-12-6-7(13(18)19)1-4-10(12)16/h1-6,15-17H,(H,18,19). The first-order valence-electron chi connectivity index (χ1n) is 5.69. The number of benzene rings is 2. The number of phenolic OH excluding ortho intramolecular Hbond substituents is 3. The van der Waals surface area contributed by atoms with Crippen LogP contribution in [0.1, 0.15) is 20.7 Å². The molecule has 21 heavy (non-hydrogen) atoms. The summed E-state index contributed by atoms with van der Waals surface area (Å²) in [4.78, 5) is 22.7. The maximum atomic E-state index is 11.8. The lowest BCUT2D eigenvalue weighted by atomic mass is 10.2. The first kappa shape index (κ1) is 14.2. The zero-order valence-electron chi connectivity index (χ0n) is 10.5. The monoisotopic (exact) mass is 290 g/mol. The largest absolute Gasteiger partial charge is 0.504 e. The van der Waals surface area contributed by atoms with E-state index in [-0.39, 0.29) is 16.9 Å². The van der Waals surface area contributed by atoms with Crippen LogP contribution in [0, 0.1) is 0 Å². The number of carboxylic acid groups (broad SMARTS) is 1. The normalized spacial score (nSPS) is 10.1. The molecule has 0 heterocycles. The van der Waals surface area contributed by atoms with Gasteiger partial charge in [-0.15, -0.1) is 0 Å². The van der Waals surface area contributed by atoms with E-state index in [9.17, 15) is 19.8 Å². The summed E-state index contributed by atoms with van der Waals surface area (Å²) in [7, 11) is 0. The molecule has 0 unspecified atom stereocenters. The molecular formula is C14H10O7. The molecule has 0 bridgehead atoms. The molecule has 0 saturated carbocycles. The molecule has 2 rings (SSSR count). The summed E-state index contributed by atoms with van der Waals surface area (Å²) in [6.07, 6.45) is 0. The van der Waals surface area contributed by atoms with E-state index in [1.54, 1.807) is 0 Å². The van der Waals surface area contributed by atoms with E-state index in [0.29, 0.717) is 0 Å². The van der Waals surface area contributed by atoms with Gasteiger partial charge in [0.1, 0.15) is 0 Å². The van der Waals surface area contributed by atoms with Gasteiger partial charge < -0.3 is 25.2 Å². The molecule has 2 aromatic rings. The van der Waals surface area contributed by atoms with Crippen molar-refractivity contribution < 1.29 is 34.8 Å². The highest BCUT2D eigenvalue weighted by atomic mass is 16.5. The lowest BCUT2D eigenvalue weighted by Crippen LogP contribution is -2.09. The molecular weight excluding hydrogens is 280 g/mol. The van der Waals surface area contributed by atoms with Crippen molar-refractivity contribution in [3.63, 3.8) is 0 Å². The van der Waals surface area contributed by atoms with E-state index in [0.717, 1.165) is 30.3 Å². The minimum atomic E-state index is -1.24. The molecule has 0 aromatic heterocycles. The van der Waals surface area contributed by atoms with Crippen LogP contribution in [0.4, 0.5) is 0 Å². The number of carbonyl (C=O) groups excluding carboxylic acids is 1. The number of aromatic hydroxyl groups is 3. The number of hydrogen-bond donors (Lipinski definition) is 4. The van der Waals surface area contributed by atoms with Gasteiger partial charge in [-0.05, 0) is 36.4 Å². The highest BCUT2D eigenvalue weighted by Crippen LogP contribution is 2.29. The van der Waals surface area contributed by atoms with Crippen molar-refractivity contribution in [3.8, 4) is 23.0 Å². The Morgan fingerprint density at radius 3 is 2.05 bits per heavy atom. The molecule has 0 saturated heterocycles. The Morgan fingerprint density at radius 2 is 1.43 bits per heavy atom. The second kappa shape index (κ2) is 5.41. The molecule has 0 aliphatic heterocycles. The summed E-state index contributed by atoms with van der Waals surface area (Å²) < 4.78 is 4.87. The Morgan fingerprint density at radius 1 is 0.810 bits per heavy atom. The van der Waals surface area contributed by atoms with Gasteiger partial charge >= 0.3 is 11.9 Å². The zero-order valence-corrected chi connectivity index (χ0v) is 10.5. The Balaban J connectivity index is 2.28. The predicted molar refractivity (Wildman–Crippen MR) is 69.8 cm³/mol. The van der Waals surface area contributed by atoms with E-state index in [4.69, 9.17) is 14.9 Å². The van der Waals surface area contributed by atoms with E-state index in [1.165, 1.54) is 6.07 Å². The molecule has 0 fully saturated rings. The number of carboxylic acids is 1. The summed E-state index contributed by atoms with van der Waals surface area (Å²) >= 11 is 0. The minimum Gasteiger partial charge on any atom is -0.504 e. The third-order valence-electron chi connectivity index (χ3n) is 2.62. The van der Waals surface area contributed by atoms with Crippen LogP contribution in [0.5, 0.6) is 23.0 Å². The van der Waals surface area contributed by atoms with Gasteiger partial charge in [-0.3, -0.25) is 0 Å². The molecule has 2 aromatic carbocycles. The van der Waals surface area contributed by atoms with Crippen LogP contribution in [-0.2, 0) is 0 Å². The van der Waals surface area contributed by atoms with Gasteiger partial charge in [-0.2, -0.15) is 0 Å². The summed E-state index contributed by atoms with van der Waals surface area (Å²) in [5.74, 6) is -3.81. The van der Waals surface area contributed by atoms with E-state index < -0.39 is 29.2 Å². The van der Waals surface area contributed by atoms with Crippen molar-refractivity contribution in [1.29, 1.82) is 0 Å². The number of ether oxygens (including phenoxy) is 1. The lowest BCUT2D eigenvalue weighted by molar-refractivity contribution is 0.0686. The SMILES string of the molecule is O=C(O)c1ccc(O)c(OC(=O)c2ccc(O)c(O)c2)c1. The molecule has 7 nitrogen and oxygen atoms in total. The Bertz CT molecular complexity index is 721. The second-order valence-corrected chi connectivity index (χ2v) is 4.08. The molecule has 0 aliphatic rings. The van der Waals surface area contributed by atoms with Gasteiger partial charge in [0.25, 0.3) is 0 Å². The molecule has 108 valence electrons. The average molecular weight is 290 g/mol. The van der Waals surface area contributed by atoms with Crippen LogP contribution in [0.2, 0.25) is 0 Å². The van der Waals surface area contributed by atoms with Gasteiger partial charge in [0.15, 0.2) is 23.0 Å². The fourth-order valence-corrected chi connectivity index (χ4v) is 1.54. The molecule has 0 atom stereocenters. The fourth-order valence-electron chi connectivity index (χ4n) is 1.54.